The normalized spacial score (nSPS) is 11.5. The first-order chi connectivity index (χ1) is 10.1. The van der Waals surface area contributed by atoms with Crippen LogP contribution in [0.3, 0.4) is 0 Å². The maximum Gasteiger partial charge on any atom is 0.328 e. The Kier molecular flexibility index (Phi) is 3.35. The van der Waals surface area contributed by atoms with Crippen molar-refractivity contribution in [1.82, 2.24) is 9.38 Å². The number of aromatic nitrogens is 2. The lowest BCUT2D eigenvalue weighted by atomic mass is 10.0. The van der Waals surface area contributed by atoms with Crippen LogP contribution < -0.4 is 0 Å². The predicted molar refractivity (Wildman–Crippen MR) is 84.6 cm³/mol. The summed E-state index contributed by atoms with van der Waals surface area (Å²) in [5.74, 6) is -0.965. The number of hydrogen-bond donors (Lipinski definition) is 1. The van der Waals surface area contributed by atoms with Gasteiger partial charge in [-0.05, 0) is 42.7 Å². The van der Waals surface area contributed by atoms with Crippen molar-refractivity contribution in [1.29, 1.82) is 0 Å². The Hall–Kier alpha value is -2.40. The average molecular weight is 298 g/mol. The largest absolute Gasteiger partial charge is 0.478 e. The van der Waals surface area contributed by atoms with Gasteiger partial charge in [-0.1, -0.05) is 12.1 Å². The number of carboxylic acid groups (broad SMARTS) is 1. The number of carbonyl (C=O) groups is 1. The van der Waals surface area contributed by atoms with Crippen LogP contribution in [0.4, 0.5) is 0 Å². The number of aliphatic carboxylic acids is 1. The van der Waals surface area contributed by atoms with Gasteiger partial charge in [0.05, 0.1) is 17.6 Å². The van der Waals surface area contributed by atoms with Crippen molar-refractivity contribution in [3.8, 4) is 11.3 Å². The Morgan fingerprint density at radius 2 is 2.14 bits per heavy atom. The summed E-state index contributed by atoms with van der Waals surface area (Å²) in [4.78, 5) is 15.9. The van der Waals surface area contributed by atoms with Gasteiger partial charge in [0.15, 0.2) is 4.96 Å². The van der Waals surface area contributed by atoms with Crippen LogP contribution in [0, 0.1) is 13.8 Å². The molecule has 0 spiro atoms. The lowest BCUT2D eigenvalue weighted by Gasteiger charge is -2.05. The molecule has 5 heteroatoms. The number of aryl methyl sites for hydroxylation is 2. The molecule has 4 nitrogen and oxygen atoms in total. The molecule has 0 unspecified atom stereocenters. The molecule has 2 heterocycles. The SMILES string of the molecule is Cc1ccc(-c2csc3ncc(/C=C/C(=O)O)n23)cc1C. The van der Waals surface area contributed by atoms with Gasteiger partial charge < -0.3 is 5.11 Å². The highest BCUT2D eigenvalue weighted by atomic mass is 32.1. The molecule has 106 valence electrons. The van der Waals surface area contributed by atoms with Crippen molar-refractivity contribution in [3.63, 3.8) is 0 Å². The van der Waals surface area contributed by atoms with Gasteiger partial charge in [0.1, 0.15) is 0 Å². The minimum atomic E-state index is -0.965. The quantitative estimate of drug-likeness (QED) is 0.749. The molecular formula is C16H14N2O2S. The third kappa shape index (κ3) is 2.48. The van der Waals surface area contributed by atoms with E-state index in [1.54, 1.807) is 23.6 Å². The number of nitrogens with zero attached hydrogens (tertiary/aromatic N) is 2. The van der Waals surface area contributed by atoms with Crippen molar-refractivity contribution in [3.05, 3.63) is 52.7 Å². The molecule has 1 aromatic carbocycles. The van der Waals surface area contributed by atoms with Gasteiger partial charge in [-0.3, -0.25) is 4.40 Å². The van der Waals surface area contributed by atoms with E-state index in [4.69, 9.17) is 5.11 Å². The lowest BCUT2D eigenvalue weighted by Crippen LogP contribution is -1.91. The number of hydrogen-bond acceptors (Lipinski definition) is 3. The fourth-order valence-electron chi connectivity index (χ4n) is 2.21. The van der Waals surface area contributed by atoms with Gasteiger partial charge in [0, 0.05) is 11.5 Å². The number of carboxylic acids is 1. The summed E-state index contributed by atoms with van der Waals surface area (Å²) in [5.41, 5.74) is 5.38. The number of thiazole rings is 1. The van der Waals surface area contributed by atoms with E-state index in [9.17, 15) is 4.79 Å². The summed E-state index contributed by atoms with van der Waals surface area (Å²) in [6.07, 6.45) is 4.39. The second-order valence-electron chi connectivity index (χ2n) is 4.89. The molecule has 0 radical (unpaired) electrons. The van der Waals surface area contributed by atoms with E-state index in [1.807, 2.05) is 9.78 Å². The number of rotatable bonds is 3. The molecule has 0 atom stereocenters. The van der Waals surface area contributed by atoms with Crippen molar-refractivity contribution >= 4 is 28.3 Å². The summed E-state index contributed by atoms with van der Waals surface area (Å²) in [7, 11) is 0. The topological polar surface area (TPSA) is 54.6 Å². The van der Waals surface area contributed by atoms with E-state index in [1.165, 1.54) is 11.1 Å². The van der Waals surface area contributed by atoms with Gasteiger partial charge in [0.2, 0.25) is 0 Å². The predicted octanol–water partition coefficient (Wildman–Crippen LogP) is 3.78. The summed E-state index contributed by atoms with van der Waals surface area (Å²) in [6.45, 7) is 4.17. The summed E-state index contributed by atoms with van der Waals surface area (Å²) < 4.78 is 1.98. The zero-order valence-electron chi connectivity index (χ0n) is 11.7. The van der Waals surface area contributed by atoms with Crippen LogP contribution >= 0.6 is 11.3 Å². The van der Waals surface area contributed by atoms with Crippen molar-refractivity contribution in [2.75, 3.05) is 0 Å². The second-order valence-corrected chi connectivity index (χ2v) is 5.73. The maximum absolute atomic E-state index is 10.7. The molecule has 3 aromatic rings. The summed E-state index contributed by atoms with van der Waals surface area (Å²) in [5, 5.41) is 10.8. The minimum Gasteiger partial charge on any atom is -0.478 e. The van der Waals surface area contributed by atoms with Crippen LogP contribution in [0.5, 0.6) is 0 Å². The third-order valence-electron chi connectivity index (χ3n) is 3.47. The third-order valence-corrected chi connectivity index (χ3v) is 4.31. The van der Waals surface area contributed by atoms with Gasteiger partial charge in [-0.15, -0.1) is 11.3 Å². The van der Waals surface area contributed by atoms with Crippen LogP contribution in [-0.2, 0) is 4.79 Å². The highest BCUT2D eigenvalue weighted by molar-refractivity contribution is 7.15. The van der Waals surface area contributed by atoms with Crippen LogP contribution in [0.2, 0.25) is 0 Å². The first-order valence-corrected chi connectivity index (χ1v) is 7.38. The Morgan fingerprint density at radius 1 is 1.33 bits per heavy atom. The van der Waals surface area contributed by atoms with Gasteiger partial charge in [-0.2, -0.15) is 0 Å². The van der Waals surface area contributed by atoms with E-state index < -0.39 is 5.97 Å². The smallest absolute Gasteiger partial charge is 0.328 e. The molecule has 3 rings (SSSR count). The van der Waals surface area contributed by atoms with E-state index in [-0.39, 0.29) is 0 Å². The maximum atomic E-state index is 10.7. The Labute approximate surface area is 126 Å². The zero-order chi connectivity index (χ0) is 15.0. The molecule has 0 fully saturated rings. The number of benzene rings is 1. The monoisotopic (exact) mass is 298 g/mol. The first kappa shape index (κ1) is 13.6. The molecule has 0 amide bonds. The molecule has 0 bridgehead atoms. The Bertz CT molecular complexity index is 858. The summed E-state index contributed by atoms with van der Waals surface area (Å²) in [6, 6.07) is 6.31. The lowest BCUT2D eigenvalue weighted by molar-refractivity contribution is -0.131. The van der Waals surface area contributed by atoms with Crippen molar-refractivity contribution in [2.45, 2.75) is 13.8 Å². The molecule has 21 heavy (non-hydrogen) atoms. The minimum absolute atomic E-state index is 0.766. The van der Waals surface area contributed by atoms with Gasteiger partial charge >= 0.3 is 5.97 Å². The van der Waals surface area contributed by atoms with E-state index in [0.29, 0.717) is 0 Å². The molecule has 0 aliphatic carbocycles. The molecule has 0 aliphatic heterocycles. The highest BCUT2D eigenvalue weighted by Crippen LogP contribution is 2.29. The van der Waals surface area contributed by atoms with Gasteiger partial charge in [-0.25, -0.2) is 9.78 Å². The highest BCUT2D eigenvalue weighted by Gasteiger charge is 2.11. The second kappa shape index (κ2) is 5.18. The molecule has 0 aliphatic rings. The van der Waals surface area contributed by atoms with Crippen LogP contribution in [0.1, 0.15) is 16.8 Å². The van der Waals surface area contributed by atoms with Crippen LogP contribution in [0.15, 0.2) is 35.9 Å². The number of imidazole rings is 1. The standard InChI is InChI=1S/C16H14N2O2S/c1-10-3-4-12(7-11(10)2)14-9-21-16-17-8-13(18(14)16)5-6-15(19)20/h3-9H,1-2H3,(H,19,20)/b6-5+. The van der Waals surface area contributed by atoms with E-state index in [0.717, 1.165) is 28.0 Å². The number of fused-ring (bicyclic) bond motifs is 1. The van der Waals surface area contributed by atoms with Crippen molar-refractivity contribution < 1.29 is 9.90 Å². The van der Waals surface area contributed by atoms with Crippen molar-refractivity contribution in [2.24, 2.45) is 0 Å². The van der Waals surface area contributed by atoms with Crippen LogP contribution in [-0.4, -0.2) is 20.5 Å². The molecule has 2 aromatic heterocycles. The molecule has 0 saturated carbocycles. The van der Waals surface area contributed by atoms with Crippen LogP contribution in [0.25, 0.3) is 22.3 Å². The molecule has 1 N–H and O–H groups in total. The zero-order valence-corrected chi connectivity index (χ0v) is 12.5. The molecule has 0 saturated heterocycles. The Balaban J connectivity index is 2.16. The fraction of sp³-hybridized carbons (Fsp3) is 0.125. The van der Waals surface area contributed by atoms with E-state index >= 15 is 0 Å². The van der Waals surface area contributed by atoms with Gasteiger partial charge in [0.25, 0.3) is 0 Å². The molecular weight excluding hydrogens is 284 g/mol. The average Bonchev–Trinajstić information content (AvgIpc) is 3.01. The Morgan fingerprint density at radius 3 is 2.86 bits per heavy atom. The fourth-order valence-corrected chi connectivity index (χ4v) is 3.09. The summed E-state index contributed by atoms with van der Waals surface area (Å²) >= 11 is 1.54. The first-order valence-electron chi connectivity index (χ1n) is 6.50. The van der Waals surface area contributed by atoms with E-state index in [2.05, 4.69) is 37.0 Å².